The van der Waals surface area contributed by atoms with Crippen molar-refractivity contribution in [1.82, 2.24) is 0 Å². The van der Waals surface area contributed by atoms with Gasteiger partial charge in [-0.3, -0.25) is 9.59 Å². The van der Waals surface area contributed by atoms with Crippen LogP contribution >= 0.6 is 0 Å². The molecule has 3 N–H and O–H groups in total. The first kappa shape index (κ1) is 22.2. The number of aryl methyl sites for hydroxylation is 3. The van der Waals surface area contributed by atoms with Gasteiger partial charge in [0.1, 0.15) is 23.0 Å². The summed E-state index contributed by atoms with van der Waals surface area (Å²) in [5, 5.41) is 15.8. The number of phenolic OH excluding ortho intramolecular Hbond substituents is 1. The fourth-order valence-electron chi connectivity index (χ4n) is 3.91. The number of anilines is 2. The van der Waals surface area contributed by atoms with Crippen LogP contribution in [0.1, 0.15) is 30.0 Å². The maximum absolute atomic E-state index is 12.8. The highest BCUT2D eigenvalue weighted by Crippen LogP contribution is 2.35. The molecule has 170 valence electrons. The Kier molecular flexibility index (Phi) is 6.22. The first-order chi connectivity index (χ1) is 15.8. The topological polar surface area (TPSA) is 96.9 Å². The summed E-state index contributed by atoms with van der Waals surface area (Å²) in [4.78, 5) is 24.1. The SMILES string of the molecule is CC(=O)Nc1cc(C)c(Oc2ccc(O)c(NC(=O)C3CCc4ccccc4O3)c2)c(C)c1. The summed E-state index contributed by atoms with van der Waals surface area (Å²) in [5.41, 5.74) is 3.69. The van der Waals surface area contributed by atoms with Crippen LogP contribution in [0.15, 0.2) is 54.6 Å². The minimum Gasteiger partial charge on any atom is -0.506 e. The molecule has 0 radical (unpaired) electrons. The smallest absolute Gasteiger partial charge is 0.265 e. The third kappa shape index (κ3) is 5.09. The summed E-state index contributed by atoms with van der Waals surface area (Å²) in [7, 11) is 0. The van der Waals surface area contributed by atoms with Crippen LogP contribution in [0.5, 0.6) is 23.0 Å². The molecule has 7 heteroatoms. The third-order valence-corrected chi connectivity index (χ3v) is 5.44. The number of hydrogen-bond acceptors (Lipinski definition) is 5. The number of fused-ring (bicyclic) bond motifs is 1. The molecule has 0 aromatic heterocycles. The lowest BCUT2D eigenvalue weighted by atomic mass is 10.0. The van der Waals surface area contributed by atoms with Gasteiger partial charge in [0.15, 0.2) is 6.10 Å². The number of carbonyl (C=O) groups is 2. The van der Waals surface area contributed by atoms with E-state index < -0.39 is 6.10 Å². The van der Waals surface area contributed by atoms with E-state index in [1.54, 1.807) is 12.1 Å². The van der Waals surface area contributed by atoms with Crippen molar-refractivity contribution in [2.45, 2.75) is 39.7 Å². The largest absolute Gasteiger partial charge is 0.506 e. The number of rotatable bonds is 5. The van der Waals surface area contributed by atoms with Crippen molar-refractivity contribution in [2.24, 2.45) is 0 Å². The number of amides is 2. The summed E-state index contributed by atoms with van der Waals surface area (Å²) in [5.74, 6) is 1.26. The minimum absolute atomic E-state index is 0.0682. The Morgan fingerprint density at radius 2 is 1.76 bits per heavy atom. The molecule has 1 unspecified atom stereocenters. The Hall–Kier alpha value is -4.00. The number of nitrogens with one attached hydrogen (secondary N) is 2. The van der Waals surface area contributed by atoms with Crippen molar-refractivity contribution in [3.63, 3.8) is 0 Å². The van der Waals surface area contributed by atoms with Crippen LogP contribution in [0.2, 0.25) is 0 Å². The molecule has 0 saturated carbocycles. The van der Waals surface area contributed by atoms with E-state index in [0.29, 0.717) is 29.4 Å². The molecule has 0 saturated heterocycles. The van der Waals surface area contributed by atoms with Crippen molar-refractivity contribution >= 4 is 23.2 Å². The maximum Gasteiger partial charge on any atom is 0.265 e. The number of ether oxygens (including phenoxy) is 2. The van der Waals surface area contributed by atoms with Crippen LogP contribution in [-0.4, -0.2) is 23.0 Å². The Morgan fingerprint density at radius 1 is 1.03 bits per heavy atom. The first-order valence-electron chi connectivity index (χ1n) is 10.8. The molecule has 2 amide bonds. The van der Waals surface area contributed by atoms with Gasteiger partial charge in [0.2, 0.25) is 5.91 Å². The average molecular weight is 447 g/mol. The molecular formula is C26H26N2O5. The van der Waals surface area contributed by atoms with Gasteiger partial charge in [0.25, 0.3) is 5.91 Å². The Balaban J connectivity index is 1.49. The number of hydrogen-bond donors (Lipinski definition) is 3. The Bertz CT molecular complexity index is 1200. The van der Waals surface area contributed by atoms with Crippen LogP contribution in [0, 0.1) is 13.8 Å². The highest BCUT2D eigenvalue weighted by Gasteiger charge is 2.26. The molecule has 0 bridgehead atoms. The molecule has 0 fully saturated rings. The van der Waals surface area contributed by atoms with Crippen molar-refractivity contribution in [3.05, 3.63) is 71.3 Å². The molecule has 3 aromatic carbocycles. The van der Waals surface area contributed by atoms with Crippen molar-refractivity contribution in [3.8, 4) is 23.0 Å². The second-order valence-corrected chi connectivity index (χ2v) is 8.14. The van der Waals surface area contributed by atoms with Gasteiger partial charge in [-0.05, 0) is 73.7 Å². The molecule has 0 spiro atoms. The molecule has 7 nitrogen and oxygen atoms in total. The average Bonchev–Trinajstić information content (AvgIpc) is 2.77. The van der Waals surface area contributed by atoms with Crippen LogP contribution < -0.4 is 20.1 Å². The number of benzene rings is 3. The maximum atomic E-state index is 12.8. The zero-order chi connectivity index (χ0) is 23.5. The van der Waals surface area contributed by atoms with E-state index in [9.17, 15) is 14.7 Å². The molecule has 4 rings (SSSR count). The van der Waals surface area contributed by atoms with Gasteiger partial charge < -0.3 is 25.2 Å². The highest BCUT2D eigenvalue weighted by atomic mass is 16.5. The molecule has 1 aliphatic heterocycles. The van der Waals surface area contributed by atoms with Gasteiger partial charge in [0, 0.05) is 18.7 Å². The summed E-state index contributed by atoms with van der Waals surface area (Å²) in [6.45, 7) is 5.22. The summed E-state index contributed by atoms with van der Waals surface area (Å²) >= 11 is 0. The molecule has 1 aliphatic rings. The second-order valence-electron chi connectivity index (χ2n) is 8.14. The van der Waals surface area contributed by atoms with Crippen molar-refractivity contribution in [2.75, 3.05) is 10.6 Å². The normalized spacial score (nSPS) is 14.6. The standard InChI is InChI=1S/C26H26N2O5/c1-15-12-19(27-17(3)29)13-16(2)25(15)32-20-9-10-22(30)21(14-20)28-26(31)24-11-8-18-6-4-5-7-23(18)33-24/h4-7,9-10,12-14,24,30H,8,11H2,1-3H3,(H,27,29)(H,28,31). The molecule has 1 atom stereocenters. The van der Waals surface area contributed by atoms with Crippen LogP contribution in [0.25, 0.3) is 0 Å². The lowest BCUT2D eigenvalue weighted by Gasteiger charge is -2.25. The van der Waals surface area contributed by atoms with E-state index in [2.05, 4.69) is 10.6 Å². The highest BCUT2D eigenvalue weighted by molar-refractivity contribution is 5.96. The fourth-order valence-corrected chi connectivity index (χ4v) is 3.91. The Morgan fingerprint density at radius 3 is 2.48 bits per heavy atom. The van der Waals surface area contributed by atoms with Gasteiger partial charge in [-0.15, -0.1) is 0 Å². The summed E-state index contributed by atoms with van der Waals surface area (Å²) < 4.78 is 11.9. The zero-order valence-electron chi connectivity index (χ0n) is 18.8. The second kappa shape index (κ2) is 9.24. The van der Waals surface area contributed by atoms with E-state index in [1.165, 1.54) is 13.0 Å². The fraction of sp³-hybridized carbons (Fsp3) is 0.231. The van der Waals surface area contributed by atoms with E-state index >= 15 is 0 Å². The van der Waals surface area contributed by atoms with E-state index in [1.807, 2.05) is 50.2 Å². The molecule has 1 heterocycles. The molecule has 3 aromatic rings. The summed E-state index contributed by atoms with van der Waals surface area (Å²) in [6, 6.07) is 16.0. The van der Waals surface area contributed by atoms with E-state index in [-0.39, 0.29) is 23.3 Å². The zero-order valence-corrected chi connectivity index (χ0v) is 18.8. The number of aromatic hydroxyl groups is 1. The predicted molar refractivity (Wildman–Crippen MR) is 126 cm³/mol. The first-order valence-corrected chi connectivity index (χ1v) is 10.8. The van der Waals surface area contributed by atoms with Crippen molar-refractivity contribution < 1.29 is 24.2 Å². The third-order valence-electron chi connectivity index (χ3n) is 5.44. The predicted octanol–water partition coefficient (Wildman–Crippen LogP) is 5.09. The number of para-hydroxylation sites is 1. The minimum atomic E-state index is -0.644. The van der Waals surface area contributed by atoms with Gasteiger partial charge in [-0.1, -0.05) is 18.2 Å². The van der Waals surface area contributed by atoms with E-state index in [0.717, 1.165) is 23.1 Å². The summed E-state index contributed by atoms with van der Waals surface area (Å²) in [6.07, 6.45) is 0.657. The van der Waals surface area contributed by atoms with Crippen LogP contribution in [0.4, 0.5) is 11.4 Å². The van der Waals surface area contributed by atoms with Gasteiger partial charge >= 0.3 is 0 Å². The lowest BCUT2D eigenvalue weighted by molar-refractivity contribution is -0.123. The van der Waals surface area contributed by atoms with Gasteiger partial charge in [-0.2, -0.15) is 0 Å². The van der Waals surface area contributed by atoms with Crippen LogP contribution in [-0.2, 0) is 16.0 Å². The number of carbonyl (C=O) groups excluding carboxylic acids is 2. The van der Waals surface area contributed by atoms with Crippen LogP contribution in [0.3, 0.4) is 0 Å². The van der Waals surface area contributed by atoms with E-state index in [4.69, 9.17) is 9.47 Å². The van der Waals surface area contributed by atoms with Gasteiger partial charge in [-0.25, -0.2) is 0 Å². The molecule has 33 heavy (non-hydrogen) atoms. The number of phenols is 1. The lowest BCUT2D eigenvalue weighted by Crippen LogP contribution is -2.35. The monoisotopic (exact) mass is 446 g/mol. The van der Waals surface area contributed by atoms with Crippen molar-refractivity contribution in [1.29, 1.82) is 0 Å². The molecule has 0 aliphatic carbocycles. The quantitative estimate of drug-likeness (QED) is 0.474. The van der Waals surface area contributed by atoms with Gasteiger partial charge in [0.05, 0.1) is 5.69 Å². The molecular weight excluding hydrogens is 420 g/mol. The Labute approximate surface area is 192 Å².